The molecule has 2 rings (SSSR count). The van der Waals surface area contributed by atoms with E-state index in [1.807, 2.05) is 13.8 Å². The van der Waals surface area contributed by atoms with Gasteiger partial charge in [-0.3, -0.25) is 0 Å². The van der Waals surface area contributed by atoms with Crippen molar-refractivity contribution in [1.82, 2.24) is 0 Å². The first-order chi connectivity index (χ1) is 9.31. The van der Waals surface area contributed by atoms with Crippen LogP contribution in [0.5, 0.6) is 0 Å². The van der Waals surface area contributed by atoms with Crippen molar-refractivity contribution in [3.63, 3.8) is 0 Å². The Hall–Kier alpha value is -1.00. The van der Waals surface area contributed by atoms with Crippen LogP contribution in [0.2, 0.25) is 5.02 Å². The molecule has 0 aliphatic heterocycles. The lowest BCUT2D eigenvalue weighted by Crippen LogP contribution is -2.03. The monoisotopic (exact) mass is 362 g/mol. The van der Waals surface area contributed by atoms with Crippen LogP contribution in [-0.2, 0) is 0 Å². The van der Waals surface area contributed by atoms with Crippen molar-refractivity contribution in [3.05, 3.63) is 69.0 Å². The van der Waals surface area contributed by atoms with Gasteiger partial charge in [-0.2, -0.15) is 0 Å². The predicted molar refractivity (Wildman–Crippen MR) is 78.0 cm³/mol. The number of rotatable bonds is 2. The minimum atomic E-state index is -0.949. The third-order valence-corrected chi connectivity index (χ3v) is 4.46. The number of hydrogen-bond donors (Lipinski definition) is 0. The third kappa shape index (κ3) is 2.86. The quantitative estimate of drug-likeness (QED) is 0.586. The Morgan fingerprint density at radius 3 is 2.00 bits per heavy atom. The van der Waals surface area contributed by atoms with Crippen LogP contribution in [-0.4, -0.2) is 0 Å². The molecule has 0 N–H and O–H groups in total. The minimum Gasteiger partial charge on any atom is -0.207 e. The summed E-state index contributed by atoms with van der Waals surface area (Å²) in [7, 11) is 0. The third-order valence-electron chi connectivity index (χ3n) is 3.18. The SMILES string of the molecule is Cc1cc(Cl)c(C(Br)c2c(F)cc(F)cc2F)cc1C. The highest BCUT2D eigenvalue weighted by Gasteiger charge is 2.23. The number of hydrogen-bond acceptors (Lipinski definition) is 0. The van der Waals surface area contributed by atoms with Gasteiger partial charge in [-0.25, -0.2) is 13.2 Å². The summed E-state index contributed by atoms with van der Waals surface area (Å²) in [4.78, 5) is -0.783. The molecular formula is C15H11BrClF3. The summed E-state index contributed by atoms with van der Waals surface area (Å²) in [6.45, 7) is 3.78. The molecule has 0 saturated heterocycles. The van der Waals surface area contributed by atoms with E-state index in [0.29, 0.717) is 22.7 Å². The molecule has 0 fully saturated rings. The molecule has 2 aromatic rings. The van der Waals surface area contributed by atoms with Gasteiger partial charge in [0.05, 0.1) is 4.83 Å². The fourth-order valence-electron chi connectivity index (χ4n) is 1.95. The Morgan fingerprint density at radius 1 is 0.950 bits per heavy atom. The molecule has 20 heavy (non-hydrogen) atoms. The Kier molecular flexibility index (Phi) is 4.45. The van der Waals surface area contributed by atoms with Gasteiger partial charge in [0.25, 0.3) is 0 Å². The number of halogens is 5. The summed E-state index contributed by atoms with van der Waals surface area (Å²) in [6, 6.07) is 4.81. The first kappa shape index (κ1) is 15.4. The molecular weight excluding hydrogens is 353 g/mol. The zero-order valence-corrected chi connectivity index (χ0v) is 13.1. The van der Waals surface area contributed by atoms with Crippen LogP contribution in [0.3, 0.4) is 0 Å². The zero-order chi connectivity index (χ0) is 15.0. The summed E-state index contributed by atoms with van der Waals surface area (Å²) in [5, 5.41) is 0.401. The van der Waals surface area contributed by atoms with Gasteiger partial charge in [-0.05, 0) is 36.6 Å². The normalized spacial score (nSPS) is 12.6. The van der Waals surface area contributed by atoms with Crippen molar-refractivity contribution >= 4 is 27.5 Å². The summed E-state index contributed by atoms with van der Waals surface area (Å²) in [5.41, 5.74) is 2.23. The van der Waals surface area contributed by atoms with Crippen LogP contribution in [0, 0.1) is 31.3 Å². The van der Waals surface area contributed by atoms with Crippen molar-refractivity contribution in [2.24, 2.45) is 0 Å². The van der Waals surface area contributed by atoms with E-state index < -0.39 is 22.3 Å². The van der Waals surface area contributed by atoms with Crippen molar-refractivity contribution in [2.75, 3.05) is 0 Å². The summed E-state index contributed by atoms with van der Waals surface area (Å²) in [6.07, 6.45) is 0. The van der Waals surface area contributed by atoms with Gasteiger partial charge in [-0.15, -0.1) is 0 Å². The molecule has 0 aromatic heterocycles. The van der Waals surface area contributed by atoms with Crippen LogP contribution in [0.15, 0.2) is 24.3 Å². The predicted octanol–water partition coefficient (Wildman–Crippen LogP) is 5.86. The molecule has 2 aromatic carbocycles. The van der Waals surface area contributed by atoms with Crippen LogP contribution in [0.25, 0.3) is 0 Å². The molecule has 0 radical (unpaired) electrons. The van der Waals surface area contributed by atoms with E-state index in [4.69, 9.17) is 11.6 Å². The van der Waals surface area contributed by atoms with E-state index in [2.05, 4.69) is 15.9 Å². The molecule has 106 valence electrons. The molecule has 1 unspecified atom stereocenters. The molecule has 0 heterocycles. The zero-order valence-electron chi connectivity index (χ0n) is 10.8. The van der Waals surface area contributed by atoms with E-state index in [0.717, 1.165) is 11.1 Å². The first-order valence-electron chi connectivity index (χ1n) is 5.86. The maximum atomic E-state index is 13.8. The average molecular weight is 364 g/mol. The summed E-state index contributed by atoms with van der Waals surface area (Å²) < 4.78 is 40.6. The van der Waals surface area contributed by atoms with Gasteiger partial charge in [-0.1, -0.05) is 33.6 Å². The van der Waals surface area contributed by atoms with Crippen molar-refractivity contribution in [1.29, 1.82) is 0 Å². The van der Waals surface area contributed by atoms with Crippen molar-refractivity contribution in [3.8, 4) is 0 Å². The highest BCUT2D eigenvalue weighted by molar-refractivity contribution is 9.09. The molecule has 1 atom stereocenters. The van der Waals surface area contributed by atoms with E-state index in [9.17, 15) is 13.2 Å². The molecule has 0 amide bonds. The van der Waals surface area contributed by atoms with E-state index in [1.54, 1.807) is 12.1 Å². The molecule has 0 spiro atoms. The molecule has 0 saturated carbocycles. The number of alkyl halides is 1. The van der Waals surface area contributed by atoms with Gasteiger partial charge in [0.1, 0.15) is 17.5 Å². The van der Waals surface area contributed by atoms with Gasteiger partial charge in [0.15, 0.2) is 0 Å². The average Bonchev–Trinajstić information content (AvgIpc) is 2.32. The first-order valence-corrected chi connectivity index (χ1v) is 7.15. The second-order valence-corrected chi connectivity index (χ2v) is 5.93. The van der Waals surface area contributed by atoms with Gasteiger partial charge in [0.2, 0.25) is 0 Å². The van der Waals surface area contributed by atoms with Crippen molar-refractivity contribution < 1.29 is 13.2 Å². The minimum absolute atomic E-state index is 0.253. The van der Waals surface area contributed by atoms with E-state index in [-0.39, 0.29) is 5.56 Å². The second kappa shape index (κ2) is 5.78. The second-order valence-electron chi connectivity index (χ2n) is 4.60. The van der Waals surface area contributed by atoms with Gasteiger partial charge < -0.3 is 0 Å². The fourth-order valence-corrected chi connectivity index (χ4v) is 3.22. The smallest absolute Gasteiger partial charge is 0.133 e. The number of benzene rings is 2. The topological polar surface area (TPSA) is 0 Å². The Bertz CT molecular complexity index is 647. The summed E-state index contributed by atoms with van der Waals surface area (Å²) >= 11 is 9.38. The highest BCUT2D eigenvalue weighted by atomic mass is 79.9. The van der Waals surface area contributed by atoms with E-state index in [1.165, 1.54) is 0 Å². The molecule has 5 heteroatoms. The van der Waals surface area contributed by atoms with Gasteiger partial charge in [0, 0.05) is 22.7 Å². The maximum Gasteiger partial charge on any atom is 0.133 e. The largest absolute Gasteiger partial charge is 0.207 e. The molecule has 0 aliphatic rings. The Balaban J connectivity index is 2.57. The Labute approximate surface area is 128 Å². The summed E-state index contributed by atoms with van der Waals surface area (Å²) in [5.74, 6) is -2.84. The van der Waals surface area contributed by atoms with Crippen LogP contribution < -0.4 is 0 Å². The van der Waals surface area contributed by atoms with Crippen LogP contribution >= 0.6 is 27.5 Å². The van der Waals surface area contributed by atoms with E-state index >= 15 is 0 Å². The fraction of sp³-hybridized carbons (Fsp3) is 0.200. The molecule has 0 bridgehead atoms. The lowest BCUT2D eigenvalue weighted by molar-refractivity contribution is 0.527. The van der Waals surface area contributed by atoms with Crippen LogP contribution in [0.1, 0.15) is 27.1 Å². The number of aryl methyl sites for hydroxylation is 2. The standard InChI is InChI=1S/C15H11BrClF3/c1-7-3-10(11(17)4-8(7)2)15(16)14-12(19)5-9(18)6-13(14)20/h3-6,15H,1-2H3. The lowest BCUT2D eigenvalue weighted by Gasteiger charge is -2.16. The molecule has 0 aliphatic carbocycles. The van der Waals surface area contributed by atoms with Crippen molar-refractivity contribution in [2.45, 2.75) is 18.7 Å². The maximum absolute atomic E-state index is 13.8. The van der Waals surface area contributed by atoms with Gasteiger partial charge >= 0.3 is 0 Å². The lowest BCUT2D eigenvalue weighted by atomic mass is 9.99. The molecule has 0 nitrogen and oxygen atoms in total. The highest BCUT2D eigenvalue weighted by Crippen LogP contribution is 2.39. The Morgan fingerprint density at radius 2 is 1.45 bits per heavy atom. The van der Waals surface area contributed by atoms with Crippen LogP contribution in [0.4, 0.5) is 13.2 Å².